The molecule has 0 amide bonds. The predicted molar refractivity (Wildman–Crippen MR) is 70.9 cm³/mol. The standard InChI is InChI=1S/C13H18N4O/c1-3-17(11-6-4-10(2)5-7-11)13-16-15-12(18-13)8-9-14/h4-7H,3,8-9,14H2,1-2H3. The average Bonchev–Trinajstić information content (AvgIpc) is 2.82. The van der Waals surface area contributed by atoms with Crippen LogP contribution in [-0.2, 0) is 6.42 Å². The van der Waals surface area contributed by atoms with E-state index in [-0.39, 0.29) is 0 Å². The molecule has 18 heavy (non-hydrogen) atoms. The zero-order chi connectivity index (χ0) is 13.0. The summed E-state index contributed by atoms with van der Waals surface area (Å²) in [7, 11) is 0. The molecule has 0 aliphatic rings. The van der Waals surface area contributed by atoms with Crippen molar-refractivity contribution in [2.24, 2.45) is 5.73 Å². The van der Waals surface area contributed by atoms with Gasteiger partial charge in [-0.1, -0.05) is 22.8 Å². The van der Waals surface area contributed by atoms with Crippen molar-refractivity contribution in [1.29, 1.82) is 0 Å². The summed E-state index contributed by atoms with van der Waals surface area (Å²) < 4.78 is 5.59. The van der Waals surface area contributed by atoms with E-state index in [0.717, 1.165) is 12.2 Å². The van der Waals surface area contributed by atoms with Gasteiger partial charge in [-0.2, -0.15) is 0 Å². The molecule has 5 heteroatoms. The lowest BCUT2D eigenvalue weighted by molar-refractivity contribution is 0.496. The second kappa shape index (κ2) is 5.64. The number of benzene rings is 1. The highest BCUT2D eigenvalue weighted by Crippen LogP contribution is 2.24. The topological polar surface area (TPSA) is 68.2 Å². The summed E-state index contributed by atoms with van der Waals surface area (Å²) in [6.45, 7) is 5.39. The van der Waals surface area contributed by atoms with Crippen molar-refractivity contribution in [3.8, 4) is 0 Å². The summed E-state index contributed by atoms with van der Waals surface area (Å²) in [5.41, 5.74) is 7.74. The van der Waals surface area contributed by atoms with Crippen molar-refractivity contribution >= 4 is 11.7 Å². The summed E-state index contributed by atoms with van der Waals surface area (Å²) in [6, 6.07) is 8.74. The fourth-order valence-electron chi connectivity index (χ4n) is 1.73. The molecule has 0 spiro atoms. The van der Waals surface area contributed by atoms with Gasteiger partial charge in [0, 0.05) is 25.2 Å². The van der Waals surface area contributed by atoms with Crippen molar-refractivity contribution in [2.75, 3.05) is 18.0 Å². The van der Waals surface area contributed by atoms with Gasteiger partial charge >= 0.3 is 6.01 Å². The van der Waals surface area contributed by atoms with Gasteiger partial charge in [0.1, 0.15) is 0 Å². The molecule has 2 rings (SSSR count). The van der Waals surface area contributed by atoms with Crippen LogP contribution in [0.4, 0.5) is 11.7 Å². The Morgan fingerprint density at radius 2 is 1.94 bits per heavy atom. The molecule has 0 bridgehead atoms. The lowest BCUT2D eigenvalue weighted by Gasteiger charge is -2.17. The first-order valence-corrected chi connectivity index (χ1v) is 6.11. The molecule has 96 valence electrons. The highest BCUT2D eigenvalue weighted by Gasteiger charge is 2.14. The van der Waals surface area contributed by atoms with E-state index in [4.69, 9.17) is 10.2 Å². The van der Waals surface area contributed by atoms with Gasteiger partial charge in [0.15, 0.2) is 0 Å². The fourth-order valence-corrected chi connectivity index (χ4v) is 1.73. The smallest absolute Gasteiger partial charge is 0.322 e. The molecular weight excluding hydrogens is 228 g/mol. The van der Waals surface area contributed by atoms with Crippen LogP contribution in [0.2, 0.25) is 0 Å². The van der Waals surface area contributed by atoms with Crippen LogP contribution in [0.5, 0.6) is 0 Å². The van der Waals surface area contributed by atoms with Crippen LogP contribution < -0.4 is 10.6 Å². The van der Waals surface area contributed by atoms with Gasteiger partial charge < -0.3 is 10.2 Å². The number of aromatic nitrogens is 2. The highest BCUT2D eigenvalue weighted by atomic mass is 16.4. The van der Waals surface area contributed by atoms with E-state index in [2.05, 4.69) is 29.3 Å². The van der Waals surface area contributed by atoms with E-state index >= 15 is 0 Å². The van der Waals surface area contributed by atoms with Crippen molar-refractivity contribution < 1.29 is 4.42 Å². The molecule has 0 atom stereocenters. The molecular formula is C13H18N4O. The Labute approximate surface area is 107 Å². The highest BCUT2D eigenvalue weighted by molar-refractivity contribution is 5.56. The Morgan fingerprint density at radius 3 is 2.56 bits per heavy atom. The lowest BCUT2D eigenvalue weighted by atomic mass is 10.2. The molecule has 1 aromatic carbocycles. The number of nitrogens with two attached hydrogens (primary N) is 1. The van der Waals surface area contributed by atoms with Crippen LogP contribution in [0, 0.1) is 6.92 Å². The normalized spacial score (nSPS) is 10.6. The third-order valence-electron chi connectivity index (χ3n) is 2.71. The maximum absolute atomic E-state index is 5.59. The van der Waals surface area contributed by atoms with Crippen molar-refractivity contribution in [1.82, 2.24) is 10.2 Å². The third kappa shape index (κ3) is 2.68. The van der Waals surface area contributed by atoms with E-state index in [0.29, 0.717) is 24.9 Å². The summed E-state index contributed by atoms with van der Waals surface area (Å²) in [6.07, 6.45) is 0.610. The summed E-state index contributed by atoms with van der Waals surface area (Å²) in [5, 5.41) is 8.04. The first kappa shape index (κ1) is 12.6. The zero-order valence-corrected chi connectivity index (χ0v) is 10.8. The van der Waals surface area contributed by atoms with E-state index in [1.807, 2.05) is 24.0 Å². The minimum Gasteiger partial charge on any atom is -0.408 e. The van der Waals surface area contributed by atoms with Crippen molar-refractivity contribution in [3.05, 3.63) is 35.7 Å². The van der Waals surface area contributed by atoms with Gasteiger partial charge in [-0.15, -0.1) is 5.10 Å². The number of hydrogen-bond donors (Lipinski definition) is 1. The van der Waals surface area contributed by atoms with E-state index in [1.54, 1.807) is 0 Å². The van der Waals surface area contributed by atoms with E-state index in [1.165, 1.54) is 5.56 Å². The number of rotatable bonds is 5. The Hall–Kier alpha value is -1.88. The monoisotopic (exact) mass is 246 g/mol. The number of hydrogen-bond acceptors (Lipinski definition) is 5. The van der Waals surface area contributed by atoms with Gasteiger partial charge in [-0.05, 0) is 26.0 Å². The summed E-state index contributed by atoms with van der Waals surface area (Å²) in [5.74, 6) is 0.582. The number of aryl methyl sites for hydroxylation is 1. The SMILES string of the molecule is CCN(c1ccc(C)cc1)c1nnc(CCN)o1. The Bertz CT molecular complexity index is 492. The van der Waals surface area contributed by atoms with Gasteiger partial charge in [-0.3, -0.25) is 4.90 Å². The first-order valence-electron chi connectivity index (χ1n) is 6.11. The zero-order valence-electron chi connectivity index (χ0n) is 10.8. The van der Waals surface area contributed by atoms with Crippen molar-refractivity contribution in [3.63, 3.8) is 0 Å². The van der Waals surface area contributed by atoms with E-state index in [9.17, 15) is 0 Å². The van der Waals surface area contributed by atoms with Crippen LogP contribution in [0.25, 0.3) is 0 Å². The average molecular weight is 246 g/mol. The van der Waals surface area contributed by atoms with Crippen LogP contribution in [0.3, 0.4) is 0 Å². The molecule has 0 unspecified atom stereocenters. The van der Waals surface area contributed by atoms with Gasteiger partial charge in [-0.25, -0.2) is 0 Å². The summed E-state index contributed by atoms with van der Waals surface area (Å²) >= 11 is 0. The first-order chi connectivity index (χ1) is 8.74. The number of nitrogens with zero attached hydrogens (tertiary/aromatic N) is 3. The predicted octanol–water partition coefficient (Wildman–Crippen LogP) is 2.04. The van der Waals surface area contributed by atoms with Crippen LogP contribution in [0.15, 0.2) is 28.7 Å². The van der Waals surface area contributed by atoms with Gasteiger partial charge in [0.05, 0.1) is 0 Å². The molecule has 0 radical (unpaired) electrons. The van der Waals surface area contributed by atoms with E-state index < -0.39 is 0 Å². The third-order valence-corrected chi connectivity index (χ3v) is 2.71. The maximum Gasteiger partial charge on any atom is 0.322 e. The Balaban J connectivity index is 2.24. The molecule has 0 saturated heterocycles. The molecule has 0 fully saturated rings. The fraction of sp³-hybridized carbons (Fsp3) is 0.385. The minimum absolute atomic E-state index is 0.512. The van der Waals surface area contributed by atoms with Crippen LogP contribution in [0.1, 0.15) is 18.4 Å². The molecule has 0 aliphatic carbocycles. The van der Waals surface area contributed by atoms with Crippen molar-refractivity contribution in [2.45, 2.75) is 20.3 Å². The van der Waals surface area contributed by atoms with Gasteiger partial charge in [0.25, 0.3) is 0 Å². The molecule has 0 saturated carbocycles. The van der Waals surface area contributed by atoms with Crippen LogP contribution >= 0.6 is 0 Å². The molecule has 5 nitrogen and oxygen atoms in total. The lowest BCUT2D eigenvalue weighted by Crippen LogP contribution is -2.16. The Morgan fingerprint density at radius 1 is 1.22 bits per heavy atom. The van der Waals surface area contributed by atoms with Gasteiger partial charge in [0.2, 0.25) is 5.89 Å². The van der Waals surface area contributed by atoms with Crippen LogP contribution in [-0.4, -0.2) is 23.3 Å². The molecule has 1 aromatic heterocycles. The molecule has 0 aliphatic heterocycles. The quantitative estimate of drug-likeness (QED) is 0.874. The molecule has 2 aromatic rings. The number of anilines is 2. The molecule has 1 heterocycles. The largest absolute Gasteiger partial charge is 0.408 e. The molecule has 2 N–H and O–H groups in total. The minimum atomic E-state index is 0.512. The second-order valence-corrected chi connectivity index (χ2v) is 4.10. The summed E-state index contributed by atoms with van der Waals surface area (Å²) in [4.78, 5) is 1.98. The maximum atomic E-state index is 5.59. The Kier molecular flexibility index (Phi) is 3.94. The second-order valence-electron chi connectivity index (χ2n) is 4.10.